The number of hydrogen-bond acceptors (Lipinski definition) is 10. The smallest absolute Gasteiger partial charge is 0.318 e. The molecule has 50 heavy (non-hydrogen) atoms. The molecule has 2 aromatic heterocycles. The fraction of sp³-hybridized carbons (Fsp3) is 0.368. The van der Waals surface area contributed by atoms with Gasteiger partial charge in [0.2, 0.25) is 0 Å². The fourth-order valence-corrected chi connectivity index (χ4v) is 7.67. The highest BCUT2D eigenvalue weighted by Crippen LogP contribution is 2.37. The number of rotatable bonds is 8. The van der Waals surface area contributed by atoms with Gasteiger partial charge >= 0.3 is 6.01 Å². The second-order valence-electron chi connectivity index (χ2n) is 13.1. The number of halogens is 1. The second-order valence-corrected chi connectivity index (χ2v) is 13.5. The van der Waals surface area contributed by atoms with Crippen LogP contribution in [0.3, 0.4) is 0 Å². The van der Waals surface area contributed by atoms with Crippen molar-refractivity contribution in [3.63, 3.8) is 0 Å². The Balaban J connectivity index is 1.19. The van der Waals surface area contributed by atoms with Gasteiger partial charge in [0.15, 0.2) is 0 Å². The topological polar surface area (TPSA) is 126 Å². The van der Waals surface area contributed by atoms with Crippen molar-refractivity contribution in [1.82, 2.24) is 24.8 Å². The number of likely N-dealkylation sites (tertiary alicyclic amines) is 1. The van der Waals surface area contributed by atoms with Gasteiger partial charge in [0, 0.05) is 60.6 Å². The molecule has 2 atom stereocenters. The standard InChI is InChI=1S/C38H38ClN9O2/c1-25(27-12-15-42-28(20-27)21-41)37(49)48-19-18-47(22-29(48)11-14-40)36-31-13-17-46(34-10-4-7-26-6-3-9-32(39)35(26)34)23-33(31)43-38(44-36)50-24-30-8-5-16-45(30)2/h3-4,6-7,9-10,12,15,20,29-30H,1,5,8,11,13,16-19,22-24H2,2H3/t29-,30-/m0/s1. The predicted octanol–water partition coefficient (Wildman–Crippen LogP) is 5.23. The maximum atomic E-state index is 13.8. The minimum absolute atomic E-state index is 0.148. The number of piperazine rings is 1. The van der Waals surface area contributed by atoms with Crippen LogP contribution in [0.5, 0.6) is 6.01 Å². The molecule has 3 aliphatic heterocycles. The first kappa shape index (κ1) is 33.3. The number of likely N-dealkylation sites (N-methyl/N-ethyl adjacent to an activating group) is 1. The molecule has 0 radical (unpaired) electrons. The number of nitriles is 2. The molecular formula is C38H38ClN9O2. The Morgan fingerprint density at radius 1 is 1.06 bits per heavy atom. The maximum Gasteiger partial charge on any atom is 0.318 e. The molecule has 7 rings (SSSR count). The summed E-state index contributed by atoms with van der Waals surface area (Å²) in [5, 5.41) is 21.9. The summed E-state index contributed by atoms with van der Waals surface area (Å²) in [7, 11) is 2.12. The Morgan fingerprint density at radius 3 is 2.68 bits per heavy atom. The van der Waals surface area contributed by atoms with Gasteiger partial charge in [-0.1, -0.05) is 42.4 Å². The normalized spacial score (nSPS) is 19.2. The number of carbonyl (C=O) groups is 1. The Labute approximate surface area is 297 Å². The number of benzene rings is 2. The number of nitrogens with zero attached hydrogens (tertiary/aromatic N) is 9. The zero-order valence-corrected chi connectivity index (χ0v) is 28.8. The SMILES string of the molecule is C=C(C(=O)N1CCN(c2nc(OC[C@@H]3CCCN3C)nc3c2CCN(c2cccc4cccc(Cl)c24)C3)C[C@@H]1CC#N)c1ccnc(C#N)c1. The van der Waals surface area contributed by atoms with Crippen molar-refractivity contribution in [2.24, 2.45) is 0 Å². The minimum atomic E-state index is -0.393. The molecule has 5 heterocycles. The molecule has 12 heteroatoms. The monoisotopic (exact) mass is 687 g/mol. The van der Waals surface area contributed by atoms with Crippen LogP contribution < -0.4 is 14.5 Å². The van der Waals surface area contributed by atoms with Crippen LogP contribution in [-0.4, -0.2) is 89.1 Å². The number of pyridine rings is 1. The molecule has 0 saturated carbocycles. The van der Waals surface area contributed by atoms with E-state index in [4.69, 9.17) is 26.3 Å². The molecule has 0 N–H and O–H groups in total. The third-order valence-corrected chi connectivity index (χ3v) is 10.4. The van der Waals surface area contributed by atoms with E-state index in [1.165, 1.54) is 6.20 Å². The van der Waals surface area contributed by atoms with E-state index in [1.807, 2.05) is 18.2 Å². The van der Waals surface area contributed by atoms with Crippen molar-refractivity contribution in [3.05, 3.63) is 88.8 Å². The first-order valence-corrected chi connectivity index (χ1v) is 17.4. The summed E-state index contributed by atoms with van der Waals surface area (Å²) in [6.45, 7) is 8.22. The third kappa shape index (κ3) is 6.55. The lowest BCUT2D eigenvalue weighted by Crippen LogP contribution is -2.56. The summed E-state index contributed by atoms with van der Waals surface area (Å²) >= 11 is 6.74. The summed E-state index contributed by atoms with van der Waals surface area (Å²) in [6, 6.07) is 20.0. The Morgan fingerprint density at radius 2 is 1.90 bits per heavy atom. The van der Waals surface area contributed by atoms with Gasteiger partial charge in [-0.2, -0.15) is 20.5 Å². The van der Waals surface area contributed by atoms with Gasteiger partial charge in [-0.25, -0.2) is 4.98 Å². The van der Waals surface area contributed by atoms with Crippen molar-refractivity contribution in [2.75, 3.05) is 56.2 Å². The van der Waals surface area contributed by atoms with Crippen molar-refractivity contribution < 1.29 is 9.53 Å². The number of carbonyl (C=O) groups excluding carboxylic acids is 1. The van der Waals surface area contributed by atoms with Gasteiger partial charge in [-0.15, -0.1) is 0 Å². The molecule has 0 unspecified atom stereocenters. The lowest BCUT2D eigenvalue weighted by molar-refractivity contribution is -0.127. The molecule has 0 spiro atoms. The number of ether oxygens (including phenoxy) is 1. The first-order valence-electron chi connectivity index (χ1n) is 17.0. The van der Waals surface area contributed by atoms with E-state index < -0.39 is 6.04 Å². The quantitative estimate of drug-likeness (QED) is 0.227. The largest absolute Gasteiger partial charge is 0.462 e. The average Bonchev–Trinajstić information content (AvgIpc) is 3.57. The molecule has 254 valence electrons. The summed E-state index contributed by atoms with van der Waals surface area (Å²) in [5.74, 6) is 0.529. The zero-order chi connectivity index (χ0) is 34.8. The molecule has 11 nitrogen and oxygen atoms in total. The lowest BCUT2D eigenvalue weighted by Gasteiger charge is -2.42. The molecule has 0 aliphatic carbocycles. The molecule has 2 saturated heterocycles. The van der Waals surface area contributed by atoms with E-state index in [-0.39, 0.29) is 23.6 Å². The van der Waals surface area contributed by atoms with Crippen LogP contribution in [0.2, 0.25) is 5.02 Å². The summed E-state index contributed by atoms with van der Waals surface area (Å²) in [5.41, 5.74) is 4.03. The van der Waals surface area contributed by atoms with Crippen molar-refractivity contribution in [3.8, 4) is 18.1 Å². The highest BCUT2D eigenvalue weighted by Gasteiger charge is 2.35. The Bertz CT molecular complexity index is 2030. The van der Waals surface area contributed by atoms with E-state index in [2.05, 4.69) is 63.6 Å². The molecule has 2 aromatic carbocycles. The van der Waals surface area contributed by atoms with Gasteiger partial charge in [0.05, 0.1) is 35.8 Å². The lowest BCUT2D eigenvalue weighted by atomic mass is 10.0. The maximum absolute atomic E-state index is 13.8. The van der Waals surface area contributed by atoms with Crippen molar-refractivity contribution in [1.29, 1.82) is 10.5 Å². The molecular weight excluding hydrogens is 650 g/mol. The van der Waals surface area contributed by atoms with Gasteiger partial charge in [-0.05, 0) is 68.1 Å². The van der Waals surface area contributed by atoms with Crippen LogP contribution in [0.15, 0.2) is 61.3 Å². The van der Waals surface area contributed by atoms with Crippen LogP contribution in [0, 0.1) is 22.7 Å². The third-order valence-electron chi connectivity index (χ3n) is 10.1. The predicted molar refractivity (Wildman–Crippen MR) is 193 cm³/mol. The van der Waals surface area contributed by atoms with Crippen molar-refractivity contribution in [2.45, 2.75) is 44.3 Å². The first-order chi connectivity index (χ1) is 24.3. The highest BCUT2D eigenvalue weighted by atomic mass is 35.5. The molecule has 1 amide bonds. The minimum Gasteiger partial charge on any atom is -0.462 e. The van der Waals surface area contributed by atoms with Crippen molar-refractivity contribution >= 4 is 45.4 Å². The average molecular weight is 688 g/mol. The van der Waals surface area contributed by atoms with Crippen LogP contribution >= 0.6 is 11.6 Å². The number of anilines is 2. The van der Waals surface area contributed by atoms with E-state index in [0.717, 1.165) is 59.5 Å². The molecule has 3 aliphatic rings. The molecule has 4 aromatic rings. The summed E-state index contributed by atoms with van der Waals surface area (Å²) < 4.78 is 6.33. The number of amides is 1. The summed E-state index contributed by atoms with van der Waals surface area (Å²) in [6.07, 6.45) is 4.56. The Kier molecular flexibility index (Phi) is 9.53. The van der Waals surface area contributed by atoms with Crippen LogP contribution in [-0.2, 0) is 17.8 Å². The van der Waals surface area contributed by atoms with Gasteiger partial charge in [-0.3, -0.25) is 4.79 Å². The van der Waals surface area contributed by atoms with Gasteiger partial charge in [0.25, 0.3) is 5.91 Å². The summed E-state index contributed by atoms with van der Waals surface area (Å²) in [4.78, 5) is 36.3. The van der Waals surface area contributed by atoms with Crippen LogP contribution in [0.25, 0.3) is 16.3 Å². The van der Waals surface area contributed by atoms with E-state index in [9.17, 15) is 15.3 Å². The Hall–Kier alpha value is -5.23. The fourth-order valence-electron chi connectivity index (χ4n) is 7.39. The highest BCUT2D eigenvalue weighted by molar-refractivity contribution is 6.36. The number of hydrogen-bond donors (Lipinski definition) is 0. The second kappa shape index (κ2) is 14.3. The van der Waals surface area contributed by atoms with E-state index in [0.29, 0.717) is 61.8 Å². The zero-order valence-electron chi connectivity index (χ0n) is 28.1. The van der Waals surface area contributed by atoms with Crippen LogP contribution in [0.4, 0.5) is 11.5 Å². The molecule has 2 fully saturated rings. The van der Waals surface area contributed by atoms with Gasteiger partial charge < -0.3 is 24.3 Å². The van der Waals surface area contributed by atoms with Gasteiger partial charge in [0.1, 0.15) is 24.2 Å². The van der Waals surface area contributed by atoms with E-state index >= 15 is 0 Å². The molecule has 0 bridgehead atoms. The van der Waals surface area contributed by atoms with E-state index in [1.54, 1.807) is 17.0 Å². The number of fused-ring (bicyclic) bond motifs is 2. The van der Waals surface area contributed by atoms with Crippen LogP contribution in [0.1, 0.15) is 41.8 Å². The number of aromatic nitrogens is 3.